The van der Waals surface area contributed by atoms with Gasteiger partial charge in [0.05, 0.1) is 29.1 Å². The van der Waals surface area contributed by atoms with Crippen LogP contribution in [0.5, 0.6) is 5.75 Å². The molecule has 0 aliphatic rings. The smallest absolute Gasteiger partial charge is 0.416 e. The SMILES string of the molecule is CCOc1ccc(/C=N/NC(=O)C(=O)Nc2cc(C(F)(F)F)ccc2Cl)cc1. The Hall–Kier alpha value is -3.07. The normalized spacial score (nSPS) is 11.3. The second kappa shape index (κ2) is 9.23. The summed E-state index contributed by atoms with van der Waals surface area (Å²) < 4.78 is 43.5. The van der Waals surface area contributed by atoms with Gasteiger partial charge in [-0.1, -0.05) is 11.6 Å². The minimum absolute atomic E-state index is 0.146. The lowest BCUT2D eigenvalue weighted by Crippen LogP contribution is -2.32. The molecule has 0 spiro atoms. The Kier molecular flexibility index (Phi) is 7.00. The highest BCUT2D eigenvalue weighted by atomic mass is 35.5. The van der Waals surface area contributed by atoms with Gasteiger partial charge in [-0.2, -0.15) is 18.3 Å². The molecule has 0 fully saturated rings. The number of alkyl halides is 3. The third-order valence-corrected chi connectivity index (χ3v) is 3.65. The average Bonchev–Trinajstić information content (AvgIpc) is 2.64. The Balaban J connectivity index is 1.97. The second-order valence-electron chi connectivity index (χ2n) is 5.35. The predicted molar refractivity (Wildman–Crippen MR) is 98.4 cm³/mol. The van der Waals surface area contributed by atoms with Crippen molar-refractivity contribution in [3.05, 3.63) is 58.6 Å². The average molecular weight is 414 g/mol. The summed E-state index contributed by atoms with van der Waals surface area (Å²) in [4.78, 5) is 23.6. The molecule has 2 N–H and O–H groups in total. The lowest BCUT2D eigenvalue weighted by atomic mass is 10.2. The first-order valence-corrected chi connectivity index (χ1v) is 8.32. The lowest BCUT2D eigenvalue weighted by Gasteiger charge is -2.11. The highest BCUT2D eigenvalue weighted by Gasteiger charge is 2.31. The van der Waals surface area contributed by atoms with E-state index in [9.17, 15) is 22.8 Å². The van der Waals surface area contributed by atoms with Crippen molar-refractivity contribution in [3.8, 4) is 5.75 Å². The molecule has 0 saturated carbocycles. The van der Waals surface area contributed by atoms with E-state index in [2.05, 4.69) is 5.10 Å². The molecule has 0 aliphatic heterocycles. The van der Waals surface area contributed by atoms with Crippen LogP contribution in [-0.4, -0.2) is 24.6 Å². The number of rotatable bonds is 5. The number of benzene rings is 2. The van der Waals surface area contributed by atoms with Gasteiger partial charge in [0.1, 0.15) is 5.75 Å². The van der Waals surface area contributed by atoms with Crippen molar-refractivity contribution in [2.24, 2.45) is 5.10 Å². The van der Waals surface area contributed by atoms with Gasteiger partial charge in [0, 0.05) is 0 Å². The van der Waals surface area contributed by atoms with Crippen LogP contribution < -0.4 is 15.5 Å². The minimum atomic E-state index is -4.62. The molecule has 2 rings (SSSR count). The number of carbonyl (C=O) groups excluding carboxylic acids is 2. The maximum absolute atomic E-state index is 12.7. The highest BCUT2D eigenvalue weighted by molar-refractivity contribution is 6.41. The van der Waals surface area contributed by atoms with Crippen LogP contribution in [0.1, 0.15) is 18.1 Å². The van der Waals surface area contributed by atoms with E-state index in [0.717, 1.165) is 12.1 Å². The number of nitrogens with one attached hydrogen (secondary N) is 2. The van der Waals surface area contributed by atoms with Crippen LogP contribution in [0.2, 0.25) is 5.02 Å². The number of hydrogen-bond acceptors (Lipinski definition) is 4. The molecule has 2 aromatic carbocycles. The standard InChI is InChI=1S/C18H15ClF3N3O3/c1-2-28-13-6-3-11(4-7-13)10-23-25-17(27)16(26)24-15-9-12(18(20,21)22)5-8-14(15)19/h3-10H,2H2,1H3,(H,24,26)(H,25,27)/b23-10+. The topological polar surface area (TPSA) is 79.8 Å². The summed E-state index contributed by atoms with van der Waals surface area (Å²) in [6.45, 7) is 2.37. The number of hydrazone groups is 1. The van der Waals surface area contributed by atoms with Gasteiger partial charge in [0.25, 0.3) is 0 Å². The zero-order valence-electron chi connectivity index (χ0n) is 14.5. The van der Waals surface area contributed by atoms with Crippen molar-refractivity contribution in [3.63, 3.8) is 0 Å². The van der Waals surface area contributed by atoms with Gasteiger partial charge in [-0.25, -0.2) is 5.43 Å². The van der Waals surface area contributed by atoms with E-state index in [0.29, 0.717) is 24.0 Å². The van der Waals surface area contributed by atoms with Crippen LogP contribution >= 0.6 is 11.6 Å². The molecule has 0 aliphatic carbocycles. The Labute approximate surface area is 163 Å². The van der Waals surface area contributed by atoms with E-state index in [1.807, 2.05) is 17.7 Å². The van der Waals surface area contributed by atoms with E-state index in [1.54, 1.807) is 24.3 Å². The summed E-state index contributed by atoms with van der Waals surface area (Å²) in [5.74, 6) is -1.72. The molecular weight excluding hydrogens is 399 g/mol. The van der Waals surface area contributed by atoms with E-state index in [4.69, 9.17) is 16.3 Å². The van der Waals surface area contributed by atoms with Gasteiger partial charge < -0.3 is 10.1 Å². The molecular formula is C18H15ClF3N3O3. The van der Waals surface area contributed by atoms with E-state index < -0.39 is 23.6 Å². The number of carbonyl (C=O) groups is 2. The molecule has 0 saturated heterocycles. The third-order valence-electron chi connectivity index (χ3n) is 3.32. The Morgan fingerprint density at radius 1 is 1.14 bits per heavy atom. The van der Waals surface area contributed by atoms with Crippen molar-refractivity contribution < 1.29 is 27.5 Å². The van der Waals surface area contributed by atoms with E-state index in [1.165, 1.54) is 6.21 Å². The van der Waals surface area contributed by atoms with Crippen molar-refractivity contribution >= 4 is 35.3 Å². The lowest BCUT2D eigenvalue weighted by molar-refractivity contribution is -0.137. The molecule has 0 bridgehead atoms. The summed E-state index contributed by atoms with van der Waals surface area (Å²) in [6, 6.07) is 9.15. The Bertz CT molecular complexity index is 884. The van der Waals surface area contributed by atoms with Gasteiger partial charge in [0.2, 0.25) is 0 Å². The van der Waals surface area contributed by atoms with E-state index in [-0.39, 0.29) is 10.7 Å². The number of amides is 2. The Morgan fingerprint density at radius 2 is 1.82 bits per heavy atom. The maximum Gasteiger partial charge on any atom is 0.416 e. The van der Waals surface area contributed by atoms with Crippen LogP contribution in [0.3, 0.4) is 0 Å². The molecule has 6 nitrogen and oxygen atoms in total. The van der Waals surface area contributed by atoms with Crippen LogP contribution in [0, 0.1) is 0 Å². The van der Waals surface area contributed by atoms with Gasteiger partial charge >= 0.3 is 18.0 Å². The highest BCUT2D eigenvalue weighted by Crippen LogP contribution is 2.33. The van der Waals surface area contributed by atoms with Gasteiger partial charge in [-0.3, -0.25) is 9.59 Å². The summed E-state index contributed by atoms with van der Waals surface area (Å²) >= 11 is 5.76. The van der Waals surface area contributed by atoms with Gasteiger partial charge in [0.15, 0.2) is 0 Å². The quantitative estimate of drug-likeness (QED) is 0.444. The number of halogens is 4. The predicted octanol–water partition coefficient (Wildman–Crippen LogP) is 3.85. The summed E-state index contributed by atoms with van der Waals surface area (Å²) in [6.07, 6.45) is -3.33. The molecule has 28 heavy (non-hydrogen) atoms. The first kappa shape index (κ1) is 21.2. The fourth-order valence-corrected chi connectivity index (χ4v) is 2.17. The van der Waals surface area contributed by atoms with Gasteiger partial charge in [-0.05, 0) is 55.0 Å². The molecule has 10 heteroatoms. The zero-order chi connectivity index (χ0) is 20.7. The number of anilines is 1. The van der Waals surface area contributed by atoms with E-state index >= 15 is 0 Å². The number of hydrogen-bond donors (Lipinski definition) is 2. The third kappa shape index (κ3) is 5.98. The van der Waals surface area contributed by atoms with Crippen molar-refractivity contribution in [1.29, 1.82) is 0 Å². The van der Waals surface area contributed by atoms with Crippen molar-refractivity contribution in [1.82, 2.24) is 5.43 Å². The van der Waals surface area contributed by atoms with Crippen LogP contribution in [0.15, 0.2) is 47.6 Å². The molecule has 148 valence electrons. The largest absolute Gasteiger partial charge is 0.494 e. The fraction of sp³-hybridized carbons (Fsp3) is 0.167. The monoisotopic (exact) mass is 413 g/mol. The zero-order valence-corrected chi connectivity index (χ0v) is 15.3. The minimum Gasteiger partial charge on any atom is -0.494 e. The van der Waals surface area contributed by atoms with Crippen LogP contribution in [0.25, 0.3) is 0 Å². The molecule has 0 heterocycles. The van der Waals surface area contributed by atoms with Crippen molar-refractivity contribution in [2.45, 2.75) is 13.1 Å². The summed E-state index contributed by atoms with van der Waals surface area (Å²) in [5.41, 5.74) is 1.25. The maximum atomic E-state index is 12.7. The van der Waals surface area contributed by atoms with Crippen molar-refractivity contribution in [2.75, 3.05) is 11.9 Å². The van der Waals surface area contributed by atoms with Gasteiger partial charge in [-0.15, -0.1) is 0 Å². The number of nitrogens with zero attached hydrogens (tertiary/aromatic N) is 1. The summed E-state index contributed by atoms with van der Waals surface area (Å²) in [7, 11) is 0. The first-order valence-electron chi connectivity index (χ1n) is 7.94. The molecule has 2 aromatic rings. The second-order valence-corrected chi connectivity index (χ2v) is 5.75. The molecule has 0 unspecified atom stereocenters. The molecule has 2 amide bonds. The number of ether oxygens (including phenoxy) is 1. The Morgan fingerprint density at radius 3 is 2.43 bits per heavy atom. The van der Waals surface area contributed by atoms with Crippen LogP contribution in [0.4, 0.5) is 18.9 Å². The molecule has 0 radical (unpaired) electrons. The summed E-state index contributed by atoms with van der Waals surface area (Å²) in [5, 5.41) is 5.49. The fourth-order valence-electron chi connectivity index (χ4n) is 2.01. The molecule has 0 aromatic heterocycles. The first-order chi connectivity index (χ1) is 13.2. The van der Waals surface area contributed by atoms with Crippen LogP contribution in [-0.2, 0) is 15.8 Å². The molecule has 0 atom stereocenters.